The van der Waals surface area contributed by atoms with E-state index in [0.29, 0.717) is 23.3 Å². The number of ketones is 1. The third-order valence-electron chi connectivity index (χ3n) is 5.35. The molecule has 1 unspecified atom stereocenters. The highest BCUT2D eigenvalue weighted by Gasteiger charge is 2.44. The van der Waals surface area contributed by atoms with Gasteiger partial charge in [-0.3, -0.25) is 14.3 Å². The summed E-state index contributed by atoms with van der Waals surface area (Å²) in [6.45, 7) is 4.24. The number of esters is 2. The normalized spacial score (nSPS) is 16.8. The monoisotopic (exact) mass is 562 g/mol. The summed E-state index contributed by atoms with van der Waals surface area (Å²) in [6.07, 6.45) is 1.63. The molecule has 34 heavy (non-hydrogen) atoms. The average Bonchev–Trinajstić information content (AvgIpc) is 3.52. The molecule has 7 nitrogen and oxygen atoms in total. The number of carbonyl (C=O) groups is 3. The molecule has 0 bridgehead atoms. The van der Waals surface area contributed by atoms with Crippen LogP contribution in [0.1, 0.15) is 60.1 Å². The first-order valence-corrected chi connectivity index (χ1v) is 13.5. The number of benzene rings is 1. The summed E-state index contributed by atoms with van der Waals surface area (Å²) >= 11 is 6.31. The summed E-state index contributed by atoms with van der Waals surface area (Å²) in [7, 11) is 0. The molecular weight excluding hydrogens is 540 g/mol. The predicted octanol–water partition coefficient (Wildman–Crippen LogP) is 6.12. The van der Waals surface area contributed by atoms with E-state index in [0.717, 1.165) is 21.6 Å². The zero-order chi connectivity index (χ0) is 24.2. The van der Waals surface area contributed by atoms with Crippen molar-refractivity contribution in [3.05, 3.63) is 60.8 Å². The van der Waals surface area contributed by atoms with Crippen molar-refractivity contribution in [2.75, 3.05) is 13.2 Å². The molecule has 1 aromatic heterocycles. The van der Waals surface area contributed by atoms with Gasteiger partial charge < -0.3 is 9.47 Å². The van der Waals surface area contributed by atoms with Gasteiger partial charge in [-0.15, -0.1) is 0 Å². The molecule has 0 radical (unpaired) electrons. The number of fused-ring (bicyclic) bond motifs is 1. The Morgan fingerprint density at radius 1 is 1.12 bits per heavy atom. The lowest BCUT2D eigenvalue weighted by molar-refractivity contribution is -0.144. The van der Waals surface area contributed by atoms with Crippen molar-refractivity contribution in [3.8, 4) is 11.1 Å². The number of ether oxygens (including phenoxy) is 2. The third-order valence-corrected chi connectivity index (χ3v) is 8.04. The number of halogens is 1. The van der Waals surface area contributed by atoms with Crippen LogP contribution in [0.3, 0.4) is 0 Å². The number of hydrogen-bond acceptors (Lipinski definition) is 8. The van der Waals surface area contributed by atoms with Crippen LogP contribution in [-0.4, -0.2) is 40.7 Å². The Bertz CT molecular complexity index is 1180. The van der Waals surface area contributed by atoms with Crippen LogP contribution >= 0.6 is 39.5 Å². The van der Waals surface area contributed by atoms with Crippen LogP contribution in [0.5, 0.6) is 0 Å². The van der Waals surface area contributed by atoms with Crippen LogP contribution in [0, 0.1) is 0 Å². The maximum Gasteiger partial charge on any atom is 0.359 e. The lowest BCUT2D eigenvalue weighted by Gasteiger charge is -2.14. The van der Waals surface area contributed by atoms with E-state index in [-0.39, 0.29) is 30.2 Å². The number of allylic oxidation sites excluding steroid dienone is 1. The van der Waals surface area contributed by atoms with Crippen molar-refractivity contribution in [3.63, 3.8) is 0 Å². The first-order valence-electron chi connectivity index (χ1n) is 10.9. The number of unbranched alkanes of at least 4 members (excludes halogenated alkanes) is 1. The summed E-state index contributed by atoms with van der Waals surface area (Å²) in [5, 5.41) is 8.34. The van der Waals surface area contributed by atoms with E-state index in [9.17, 15) is 14.4 Å². The molecule has 1 atom stereocenters. The predicted molar refractivity (Wildman–Crippen MR) is 137 cm³/mol. The van der Waals surface area contributed by atoms with E-state index in [1.165, 1.54) is 28.2 Å². The molecule has 10 heteroatoms. The van der Waals surface area contributed by atoms with E-state index in [1.54, 1.807) is 6.92 Å². The van der Waals surface area contributed by atoms with Crippen molar-refractivity contribution in [2.45, 2.75) is 39.2 Å². The number of Topliss-reactive ketones (excluding diaryl/α,β-unsaturated/α-hetero) is 1. The van der Waals surface area contributed by atoms with E-state index < -0.39 is 18.0 Å². The zero-order valence-electron chi connectivity index (χ0n) is 18.7. The lowest BCUT2D eigenvalue weighted by atomic mass is 9.98. The molecule has 0 spiro atoms. The number of hydrogen-bond donors (Lipinski definition) is 0. The Morgan fingerprint density at radius 2 is 1.82 bits per heavy atom. The van der Waals surface area contributed by atoms with Gasteiger partial charge in [-0.2, -0.15) is 5.10 Å². The molecule has 178 valence electrons. The third kappa shape index (κ3) is 4.89. The van der Waals surface area contributed by atoms with Crippen LogP contribution in [0.4, 0.5) is 0 Å². The summed E-state index contributed by atoms with van der Waals surface area (Å²) in [5.74, 6) is -1.26. The van der Waals surface area contributed by atoms with Crippen molar-refractivity contribution in [2.24, 2.45) is 0 Å². The van der Waals surface area contributed by atoms with Gasteiger partial charge in [0.15, 0.2) is 5.69 Å². The van der Waals surface area contributed by atoms with Gasteiger partial charge >= 0.3 is 11.9 Å². The Hall–Kier alpha value is -2.30. The Kier molecular flexibility index (Phi) is 8.00. The molecule has 0 saturated carbocycles. The molecule has 0 amide bonds. The highest BCUT2D eigenvalue weighted by Crippen LogP contribution is 2.49. The van der Waals surface area contributed by atoms with Crippen LogP contribution < -0.4 is 0 Å². The van der Waals surface area contributed by atoms with Gasteiger partial charge in [-0.05, 0) is 41.9 Å². The van der Waals surface area contributed by atoms with E-state index in [4.69, 9.17) is 9.47 Å². The van der Waals surface area contributed by atoms with Gasteiger partial charge in [0, 0.05) is 15.6 Å². The lowest BCUT2D eigenvalue weighted by Crippen LogP contribution is -2.18. The molecule has 0 N–H and O–H groups in total. The van der Waals surface area contributed by atoms with E-state index >= 15 is 0 Å². The van der Waals surface area contributed by atoms with E-state index in [2.05, 4.69) is 21.0 Å². The van der Waals surface area contributed by atoms with Gasteiger partial charge in [0.05, 0.1) is 29.9 Å². The molecule has 2 aromatic rings. The standard InChI is InChI=1S/C24H23BrN2O5S2/c1-3-5-10-32-17(28)13-16-19(24-33-11-12-34-24)22(29)21-18(14-6-8-15(25)9-7-14)20(26-27(16)21)23(30)31-4-2/h6-9,11-12,16H,3-5,10,13H2,1-2H3. The molecule has 3 heterocycles. The fraction of sp³-hybridized carbons (Fsp3) is 0.333. The van der Waals surface area contributed by atoms with Gasteiger partial charge in [-0.25, -0.2) is 4.79 Å². The minimum atomic E-state index is -0.663. The van der Waals surface area contributed by atoms with Crippen LogP contribution in [0.15, 0.2) is 49.4 Å². The second-order valence-electron chi connectivity index (χ2n) is 7.58. The maximum atomic E-state index is 13.8. The van der Waals surface area contributed by atoms with Crippen molar-refractivity contribution in [1.29, 1.82) is 0 Å². The SMILES string of the molecule is CCCCOC(=O)CC1C(=C2SC=CS2)C(=O)c2c(-c3ccc(Br)cc3)c(C(=O)OCC)nn21. The summed E-state index contributed by atoms with van der Waals surface area (Å²) in [5.41, 5.74) is 1.93. The molecule has 1 aromatic carbocycles. The summed E-state index contributed by atoms with van der Waals surface area (Å²) < 4.78 is 13.8. The first-order chi connectivity index (χ1) is 16.5. The number of nitrogens with zero attached hydrogens (tertiary/aromatic N) is 2. The summed E-state index contributed by atoms with van der Waals surface area (Å²) in [6, 6.07) is 6.64. The fourth-order valence-electron chi connectivity index (χ4n) is 3.81. The Labute approximate surface area is 214 Å². The van der Waals surface area contributed by atoms with Crippen molar-refractivity contribution in [1.82, 2.24) is 9.78 Å². The topological polar surface area (TPSA) is 87.5 Å². The van der Waals surface area contributed by atoms with Gasteiger partial charge in [0.25, 0.3) is 0 Å². The molecule has 0 aliphatic carbocycles. The smallest absolute Gasteiger partial charge is 0.359 e. The number of carbonyl (C=O) groups excluding carboxylic acids is 3. The summed E-state index contributed by atoms with van der Waals surface area (Å²) in [4.78, 5) is 39.3. The zero-order valence-corrected chi connectivity index (χ0v) is 21.9. The van der Waals surface area contributed by atoms with Gasteiger partial charge in [0.2, 0.25) is 5.78 Å². The van der Waals surface area contributed by atoms with Gasteiger partial charge in [0.1, 0.15) is 5.69 Å². The number of thioether (sulfide) groups is 2. The van der Waals surface area contributed by atoms with E-state index in [1.807, 2.05) is 42.0 Å². The number of aromatic nitrogens is 2. The Balaban J connectivity index is 1.83. The van der Waals surface area contributed by atoms with Gasteiger partial charge in [-0.1, -0.05) is 64.9 Å². The first kappa shape index (κ1) is 24.8. The number of rotatable bonds is 8. The second kappa shape index (κ2) is 11.0. The second-order valence-corrected chi connectivity index (χ2v) is 10.6. The molecule has 2 aliphatic rings. The molecule has 4 rings (SSSR count). The minimum absolute atomic E-state index is 0.0495. The van der Waals surface area contributed by atoms with Crippen molar-refractivity contribution >= 4 is 57.2 Å². The highest BCUT2D eigenvalue weighted by atomic mass is 79.9. The largest absolute Gasteiger partial charge is 0.466 e. The Morgan fingerprint density at radius 3 is 2.47 bits per heavy atom. The molecule has 2 aliphatic heterocycles. The van der Waals surface area contributed by atoms with Crippen LogP contribution in [0.2, 0.25) is 0 Å². The van der Waals surface area contributed by atoms with Crippen LogP contribution in [-0.2, 0) is 14.3 Å². The van der Waals surface area contributed by atoms with Crippen LogP contribution in [0.25, 0.3) is 11.1 Å². The minimum Gasteiger partial charge on any atom is -0.466 e. The fourth-order valence-corrected chi connectivity index (χ4v) is 6.03. The van der Waals surface area contributed by atoms with Crippen molar-refractivity contribution < 1.29 is 23.9 Å². The highest BCUT2D eigenvalue weighted by molar-refractivity contribution is 9.10. The molecule has 0 saturated heterocycles. The molecular formula is C24H23BrN2O5S2. The quantitative estimate of drug-likeness (QED) is 0.216. The molecule has 0 fully saturated rings. The maximum absolute atomic E-state index is 13.8. The average molecular weight is 563 g/mol.